The largest absolute Gasteiger partial charge is 0.379 e. The van der Waals surface area contributed by atoms with Crippen molar-refractivity contribution in [2.24, 2.45) is 0 Å². The quantitative estimate of drug-likeness (QED) is 0.404. The molecular formula is C21H22Cl4O7. The molecule has 0 amide bonds. The topological polar surface area (TPSA) is 109 Å². The molecule has 1 unspecified atom stereocenters. The van der Waals surface area contributed by atoms with E-state index in [2.05, 4.69) is 0 Å². The van der Waals surface area contributed by atoms with E-state index in [1.165, 1.54) is 12.1 Å². The van der Waals surface area contributed by atoms with Crippen molar-refractivity contribution >= 4 is 46.4 Å². The first-order valence-corrected chi connectivity index (χ1v) is 11.0. The van der Waals surface area contributed by atoms with Crippen LogP contribution in [-0.2, 0) is 27.4 Å². The smallest absolute Gasteiger partial charge is 0.232 e. The fourth-order valence-corrected chi connectivity index (χ4v) is 4.18. The molecular weight excluding hydrogens is 506 g/mol. The molecule has 1 saturated heterocycles. The van der Waals surface area contributed by atoms with Crippen LogP contribution in [0.2, 0.25) is 20.1 Å². The first kappa shape index (κ1) is 25.9. The summed E-state index contributed by atoms with van der Waals surface area (Å²) in [4.78, 5) is 0. The maximum Gasteiger partial charge on any atom is 0.232 e. The maximum atomic E-state index is 11.3. The Morgan fingerprint density at radius 3 is 1.91 bits per heavy atom. The Morgan fingerprint density at radius 2 is 1.41 bits per heavy atom. The molecule has 2 aromatic rings. The molecule has 5 atom stereocenters. The average Bonchev–Trinajstić information content (AvgIpc) is 2.83. The van der Waals surface area contributed by atoms with Gasteiger partial charge in [-0.2, -0.15) is 0 Å². The van der Waals surface area contributed by atoms with Gasteiger partial charge in [-0.25, -0.2) is 0 Å². The van der Waals surface area contributed by atoms with Gasteiger partial charge < -0.3 is 34.6 Å². The van der Waals surface area contributed by atoms with Gasteiger partial charge in [0.1, 0.15) is 0 Å². The highest BCUT2D eigenvalue weighted by Crippen LogP contribution is 2.48. The third-order valence-electron chi connectivity index (χ3n) is 5.49. The molecule has 0 aliphatic carbocycles. The predicted octanol–water partition coefficient (Wildman–Crippen LogP) is 3.90. The van der Waals surface area contributed by atoms with Crippen molar-refractivity contribution in [3.05, 3.63) is 67.6 Å². The lowest BCUT2D eigenvalue weighted by atomic mass is 9.87. The summed E-state index contributed by atoms with van der Waals surface area (Å²) in [5.74, 6) is -4.89. The zero-order valence-electron chi connectivity index (χ0n) is 17.1. The molecule has 1 aliphatic rings. The summed E-state index contributed by atoms with van der Waals surface area (Å²) >= 11 is 24.0. The summed E-state index contributed by atoms with van der Waals surface area (Å²) < 4.78 is 16.4. The second-order valence-corrected chi connectivity index (χ2v) is 9.44. The van der Waals surface area contributed by atoms with E-state index in [4.69, 9.17) is 60.6 Å². The average molecular weight is 528 g/mol. The van der Waals surface area contributed by atoms with Gasteiger partial charge in [-0.3, -0.25) is 0 Å². The molecule has 4 N–H and O–H groups in total. The molecule has 0 aromatic heterocycles. The Balaban J connectivity index is 1.81. The monoisotopic (exact) mass is 526 g/mol. The maximum absolute atomic E-state index is 11.3. The number of hydrogen-bond donors (Lipinski definition) is 4. The van der Waals surface area contributed by atoms with Crippen molar-refractivity contribution in [3.63, 3.8) is 0 Å². The van der Waals surface area contributed by atoms with Gasteiger partial charge in [0.05, 0.1) is 13.2 Å². The van der Waals surface area contributed by atoms with E-state index in [-0.39, 0.29) is 18.2 Å². The van der Waals surface area contributed by atoms with Gasteiger partial charge in [-0.05, 0) is 49.2 Å². The van der Waals surface area contributed by atoms with Crippen molar-refractivity contribution in [1.29, 1.82) is 0 Å². The van der Waals surface area contributed by atoms with Crippen molar-refractivity contribution in [2.75, 3.05) is 0 Å². The molecule has 11 heteroatoms. The summed E-state index contributed by atoms with van der Waals surface area (Å²) in [7, 11) is 0. The lowest BCUT2D eigenvalue weighted by Crippen LogP contribution is -2.63. The van der Waals surface area contributed by atoms with Gasteiger partial charge in [0.15, 0.2) is 23.8 Å². The second-order valence-electron chi connectivity index (χ2n) is 7.75. The van der Waals surface area contributed by atoms with E-state index < -0.39 is 29.6 Å². The Hall–Kier alpha value is -0.680. The van der Waals surface area contributed by atoms with Crippen LogP contribution >= 0.6 is 46.4 Å². The molecule has 1 fully saturated rings. The third-order valence-corrected chi connectivity index (χ3v) is 6.66. The van der Waals surface area contributed by atoms with Crippen molar-refractivity contribution in [3.8, 4) is 0 Å². The van der Waals surface area contributed by atoms with Crippen LogP contribution < -0.4 is 0 Å². The van der Waals surface area contributed by atoms with Crippen molar-refractivity contribution in [2.45, 2.75) is 56.6 Å². The Kier molecular flexibility index (Phi) is 7.72. The second kappa shape index (κ2) is 9.52. The number of rotatable bonds is 7. The van der Waals surface area contributed by atoms with E-state index in [0.717, 1.165) is 13.8 Å². The van der Waals surface area contributed by atoms with E-state index in [9.17, 15) is 20.4 Å². The summed E-state index contributed by atoms with van der Waals surface area (Å²) in [6.07, 6.45) is -3.53. The summed E-state index contributed by atoms with van der Waals surface area (Å²) in [5, 5.41) is 44.8. The van der Waals surface area contributed by atoms with E-state index >= 15 is 0 Å². The zero-order valence-corrected chi connectivity index (χ0v) is 20.1. The van der Waals surface area contributed by atoms with Crippen LogP contribution in [0.15, 0.2) is 36.4 Å². The molecule has 0 spiro atoms. The van der Waals surface area contributed by atoms with Crippen molar-refractivity contribution in [1.82, 2.24) is 0 Å². The molecule has 1 aliphatic heterocycles. The van der Waals surface area contributed by atoms with E-state index in [1.807, 2.05) is 0 Å². The summed E-state index contributed by atoms with van der Waals surface area (Å²) in [5.41, 5.74) is -1.43. The molecule has 32 heavy (non-hydrogen) atoms. The predicted molar refractivity (Wildman–Crippen MR) is 120 cm³/mol. The number of aliphatic hydroxyl groups excluding tert-OH is 1. The summed E-state index contributed by atoms with van der Waals surface area (Å²) in [6, 6.07) is 9.32. The molecule has 1 heterocycles. The van der Waals surface area contributed by atoms with Crippen LogP contribution in [0.25, 0.3) is 0 Å². The highest BCUT2D eigenvalue weighted by Gasteiger charge is 2.72. The number of hydrogen-bond acceptors (Lipinski definition) is 7. The standard InChI is InChI=1S/C21H22Cl4O7/c1-19(27)20(2,28)32-17(18(26)30-9-11-3-5-13(22)7-15(11)24)21(19,29)31-10-12-4-6-14(23)8-16(12)25/h3-8,17-18,26-29H,9-10H2,1-2H3/t17-,18?,19+,20-,21+/m1/s1. The Morgan fingerprint density at radius 1 is 0.906 bits per heavy atom. The fraction of sp³-hybridized carbons (Fsp3) is 0.429. The highest BCUT2D eigenvalue weighted by molar-refractivity contribution is 6.35. The molecule has 0 bridgehead atoms. The van der Waals surface area contributed by atoms with Crippen LogP contribution in [0.4, 0.5) is 0 Å². The van der Waals surface area contributed by atoms with Gasteiger partial charge in [0.25, 0.3) is 0 Å². The number of aliphatic hydroxyl groups is 4. The normalized spacial score (nSPS) is 31.1. The van der Waals surface area contributed by atoms with Crippen LogP contribution in [0.5, 0.6) is 0 Å². The number of halogens is 4. The zero-order chi connectivity index (χ0) is 23.9. The SMILES string of the molecule is C[C@@]1(O)[C@@](O)(OCc2ccc(Cl)cc2Cl)[C@@H](C(O)OCc2ccc(Cl)cc2Cl)O[C@@]1(C)O. The Bertz CT molecular complexity index is 985. The highest BCUT2D eigenvalue weighted by atomic mass is 35.5. The minimum Gasteiger partial charge on any atom is -0.379 e. The molecule has 2 aromatic carbocycles. The molecule has 7 nitrogen and oxygen atoms in total. The fourth-order valence-electron chi connectivity index (χ4n) is 3.25. The lowest BCUT2D eigenvalue weighted by molar-refractivity contribution is -0.330. The summed E-state index contributed by atoms with van der Waals surface area (Å²) in [6.45, 7) is 1.76. The minimum absolute atomic E-state index is 0.180. The van der Waals surface area contributed by atoms with Gasteiger partial charge in [0, 0.05) is 20.1 Å². The van der Waals surface area contributed by atoms with E-state index in [1.54, 1.807) is 24.3 Å². The number of ether oxygens (including phenoxy) is 3. The van der Waals surface area contributed by atoms with Crippen LogP contribution in [0.3, 0.4) is 0 Å². The van der Waals surface area contributed by atoms with Gasteiger partial charge >= 0.3 is 0 Å². The van der Waals surface area contributed by atoms with E-state index in [0.29, 0.717) is 26.2 Å². The van der Waals surface area contributed by atoms with Gasteiger partial charge in [-0.15, -0.1) is 0 Å². The van der Waals surface area contributed by atoms with Crippen LogP contribution in [-0.4, -0.2) is 50.0 Å². The number of benzene rings is 2. The molecule has 176 valence electrons. The van der Waals surface area contributed by atoms with Gasteiger partial charge in [0.2, 0.25) is 5.79 Å². The minimum atomic E-state index is -2.59. The third kappa shape index (κ3) is 4.89. The molecule has 0 radical (unpaired) electrons. The van der Waals surface area contributed by atoms with Crippen LogP contribution in [0.1, 0.15) is 25.0 Å². The van der Waals surface area contributed by atoms with Crippen molar-refractivity contribution < 1.29 is 34.6 Å². The van der Waals surface area contributed by atoms with Crippen LogP contribution in [0, 0.1) is 0 Å². The Labute approximate surface area is 204 Å². The molecule has 0 saturated carbocycles. The first-order valence-electron chi connectivity index (χ1n) is 9.45. The first-order chi connectivity index (χ1) is 14.8. The lowest BCUT2D eigenvalue weighted by Gasteiger charge is -2.40. The van der Waals surface area contributed by atoms with Gasteiger partial charge in [-0.1, -0.05) is 58.5 Å². The molecule has 3 rings (SSSR count).